The second-order valence-corrected chi connectivity index (χ2v) is 9.15. The summed E-state index contributed by atoms with van der Waals surface area (Å²) in [6, 6.07) is 12.3. The summed E-state index contributed by atoms with van der Waals surface area (Å²) in [5.74, 6) is 0.614. The third-order valence-corrected chi connectivity index (χ3v) is 6.53. The van der Waals surface area contributed by atoms with E-state index >= 15 is 0 Å². The number of anilines is 1. The van der Waals surface area contributed by atoms with Crippen LogP contribution in [0.2, 0.25) is 0 Å². The molecule has 0 atom stereocenters. The standard InChI is InChI=1S/C24H28FN5OS/c1-17-6-7-18(2)21(14-17)26-23(31)16-32-24-28-27-22(15-29-12-4-3-5-13-29)30(24)20-10-8-19(25)9-11-20/h6-11,14H,3-5,12-13,15-16H2,1-2H3,(H,26,31). The van der Waals surface area contributed by atoms with E-state index in [4.69, 9.17) is 0 Å². The van der Waals surface area contributed by atoms with E-state index in [0.29, 0.717) is 11.7 Å². The van der Waals surface area contributed by atoms with Crippen LogP contribution in [0.25, 0.3) is 5.69 Å². The largest absolute Gasteiger partial charge is 0.325 e. The van der Waals surface area contributed by atoms with Gasteiger partial charge in [0.2, 0.25) is 5.91 Å². The van der Waals surface area contributed by atoms with Gasteiger partial charge in [0.1, 0.15) is 5.82 Å². The van der Waals surface area contributed by atoms with Crippen LogP contribution in [0.1, 0.15) is 36.2 Å². The van der Waals surface area contributed by atoms with Gasteiger partial charge in [0.05, 0.1) is 12.3 Å². The summed E-state index contributed by atoms with van der Waals surface area (Å²) in [7, 11) is 0. The maximum atomic E-state index is 13.5. The van der Waals surface area contributed by atoms with Crippen LogP contribution < -0.4 is 5.32 Å². The second-order valence-electron chi connectivity index (χ2n) is 8.20. The van der Waals surface area contributed by atoms with Crippen LogP contribution in [-0.2, 0) is 11.3 Å². The van der Waals surface area contributed by atoms with Crippen molar-refractivity contribution < 1.29 is 9.18 Å². The number of aromatic nitrogens is 3. The number of carbonyl (C=O) groups excluding carboxylic acids is 1. The fourth-order valence-electron chi connectivity index (χ4n) is 3.85. The van der Waals surface area contributed by atoms with Crippen molar-refractivity contribution in [1.29, 1.82) is 0 Å². The summed E-state index contributed by atoms with van der Waals surface area (Å²) in [5.41, 5.74) is 3.73. The van der Waals surface area contributed by atoms with Gasteiger partial charge in [-0.1, -0.05) is 30.3 Å². The maximum Gasteiger partial charge on any atom is 0.234 e. The predicted octanol–water partition coefficient (Wildman–Crippen LogP) is 4.74. The highest BCUT2D eigenvalue weighted by Gasteiger charge is 2.19. The zero-order chi connectivity index (χ0) is 22.5. The molecule has 8 heteroatoms. The van der Waals surface area contributed by atoms with E-state index < -0.39 is 0 Å². The molecule has 0 saturated carbocycles. The third kappa shape index (κ3) is 5.55. The van der Waals surface area contributed by atoms with Gasteiger partial charge in [-0.15, -0.1) is 10.2 Å². The van der Waals surface area contributed by atoms with Gasteiger partial charge < -0.3 is 5.32 Å². The second kappa shape index (κ2) is 10.3. The van der Waals surface area contributed by atoms with Gasteiger partial charge in [-0.25, -0.2) is 4.39 Å². The molecule has 1 N–H and O–H groups in total. The zero-order valence-corrected chi connectivity index (χ0v) is 19.3. The number of benzene rings is 2. The summed E-state index contributed by atoms with van der Waals surface area (Å²) in [6.07, 6.45) is 3.63. The lowest BCUT2D eigenvalue weighted by molar-refractivity contribution is -0.113. The van der Waals surface area contributed by atoms with E-state index in [-0.39, 0.29) is 17.5 Å². The average Bonchev–Trinajstić information content (AvgIpc) is 3.18. The lowest BCUT2D eigenvalue weighted by atomic mass is 10.1. The summed E-state index contributed by atoms with van der Waals surface area (Å²) in [6.45, 7) is 6.73. The van der Waals surface area contributed by atoms with Crippen LogP contribution in [0.3, 0.4) is 0 Å². The van der Waals surface area contributed by atoms with Gasteiger partial charge in [0.15, 0.2) is 11.0 Å². The Morgan fingerprint density at radius 2 is 1.81 bits per heavy atom. The number of nitrogens with one attached hydrogen (secondary N) is 1. The molecule has 4 rings (SSSR count). The maximum absolute atomic E-state index is 13.5. The zero-order valence-electron chi connectivity index (χ0n) is 18.5. The normalized spacial score (nSPS) is 14.5. The molecule has 3 aromatic rings. The van der Waals surface area contributed by atoms with Crippen LogP contribution in [-0.4, -0.2) is 44.4 Å². The van der Waals surface area contributed by atoms with Gasteiger partial charge in [-0.3, -0.25) is 14.3 Å². The van der Waals surface area contributed by atoms with Crippen molar-refractivity contribution in [3.63, 3.8) is 0 Å². The number of aryl methyl sites for hydroxylation is 2. The van der Waals surface area contributed by atoms with Crippen LogP contribution >= 0.6 is 11.8 Å². The van der Waals surface area contributed by atoms with Crippen molar-refractivity contribution in [1.82, 2.24) is 19.7 Å². The Balaban J connectivity index is 1.51. The topological polar surface area (TPSA) is 63.1 Å². The Kier molecular flexibility index (Phi) is 7.22. The molecule has 1 fully saturated rings. The number of carbonyl (C=O) groups is 1. The van der Waals surface area contributed by atoms with E-state index in [2.05, 4.69) is 20.4 Å². The molecule has 0 aliphatic carbocycles. The Bertz CT molecular complexity index is 1080. The molecule has 1 amide bonds. The minimum atomic E-state index is -0.290. The molecule has 32 heavy (non-hydrogen) atoms. The first kappa shape index (κ1) is 22.5. The number of amides is 1. The fourth-order valence-corrected chi connectivity index (χ4v) is 4.62. The van der Waals surface area contributed by atoms with Crippen LogP contribution in [0, 0.1) is 19.7 Å². The first-order valence-electron chi connectivity index (χ1n) is 10.9. The van der Waals surface area contributed by atoms with Crippen molar-refractivity contribution in [3.05, 3.63) is 65.2 Å². The minimum Gasteiger partial charge on any atom is -0.325 e. The first-order chi connectivity index (χ1) is 15.5. The Labute approximate surface area is 192 Å². The molecule has 0 bridgehead atoms. The van der Waals surface area contributed by atoms with E-state index in [1.807, 2.05) is 36.6 Å². The lowest BCUT2D eigenvalue weighted by Gasteiger charge is -2.26. The Hall–Kier alpha value is -2.71. The van der Waals surface area contributed by atoms with Gasteiger partial charge in [-0.05, 0) is 81.2 Å². The summed E-state index contributed by atoms with van der Waals surface area (Å²) in [4.78, 5) is 15.0. The molecule has 0 radical (unpaired) electrons. The van der Waals surface area contributed by atoms with E-state index in [1.165, 1.54) is 43.2 Å². The van der Waals surface area contributed by atoms with Crippen LogP contribution in [0.15, 0.2) is 47.6 Å². The van der Waals surface area contributed by atoms with Crippen molar-refractivity contribution in [2.45, 2.75) is 44.8 Å². The quantitative estimate of drug-likeness (QED) is 0.524. The third-order valence-electron chi connectivity index (χ3n) is 5.60. The van der Waals surface area contributed by atoms with E-state index in [1.54, 1.807) is 12.1 Å². The monoisotopic (exact) mass is 453 g/mol. The summed E-state index contributed by atoms with van der Waals surface area (Å²) < 4.78 is 15.5. The number of hydrogen-bond donors (Lipinski definition) is 1. The van der Waals surface area contributed by atoms with Crippen molar-refractivity contribution >= 4 is 23.4 Å². The number of thioether (sulfide) groups is 1. The van der Waals surface area contributed by atoms with Gasteiger partial charge in [0.25, 0.3) is 0 Å². The molecule has 2 heterocycles. The molecule has 6 nitrogen and oxygen atoms in total. The molecular weight excluding hydrogens is 425 g/mol. The smallest absolute Gasteiger partial charge is 0.234 e. The summed E-state index contributed by atoms with van der Waals surface area (Å²) >= 11 is 1.33. The van der Waals surface area contributed by atoms with Gasteiger partial charge >= 0.3 is 0 Å². The first-order valence-corrected chi connectivity index (χ1v) is 11.9. The molecule has 1 aromatic heterocycles. The predicted molar refractivity (Wildman–Crippen MR) is 126 cm³/mol. The van der Waals surface area contributed by atoms with Crippen molar-refractivity contribution in [3.8, 4) is 5.69 Å². The Morgan fingerprint density at radius 3 is 2.56 bits per heavy atom. The van der Waals surface area contributed by atoms with Gasteiger partial charge in [-0.2, -0.15) is 0 Å². The SMILES string of the molecule is Cc1ccc(C)c(NC(=O)CSc2nnc(CN3CCCCC3)n2-c2ccc(F)cc2)c1. The minimum absolute atomic E-state index is 0.102. The van der Waals surface area contributed by atoms with Crippen molar-refractivity contribution in [2.24, 2.45) is 0 Å². The fraction of sp³-hybridized carbons (Fsp3) is 0.375. The molecule has 2 aromatic carbocycles. The van der Waals surface area contributed by atoms with Crippen LogP contribution in [0.4, 0.5) is 10.1 Å². The van der Waals surface area contributed by atoms with Crippen molar-refractivity contribution in [2.75, 3.05) is 24.2 Å². The molecule has 1 saturated heterocycles. The van der Waals surface area contributed by atoms with Gasteiger partial charge in [0, 0.05) is 11.4 Å². The van der Waals surface area contributed by atoms with Crippen LogP contribution in [0.5, 0.6) is 0 Å². The summed E-state index contributed by atoms with van der Waals surface area (Å²) in [5, 5.41) is 12.4. The average molecular weight is 454 g/mol. The molecular formula is C24H28FN5OS. The molecule has 1 aliphatic heterocycles. The van der Waals surface area contributed by atoms with E-state index in [0.717, 1.165) is 41.4 Å². The number of halogens is 1. The molecule has 1 aliphatic rings. The molecule has 0 unspecified atom stereocenters. The highest BCUT2D eigenvalue weighted by molar-refractivity contribution is 7.99. The lowest BCUT2D eigenvalue weighted by Crippen LogP contribution is -2.30. The number of rotatable bonds is 7. The molecule has 168 valence electrons. The highest BCUT2D eigenvalue weighted by atomic mass is 32.2. The number of likely N-dealkylation sites (tertiary alicyclic amines) is 1. The number of hydrogen-bond acceptors (Lipinski definition) is 5. The molecule has 0 spiro atoms. The number of piperidine rings is 1. The Morgan fingerprint density at radius 1 is 1.06 bits per heavy atom. The van der Waals surface area contributed by atoms with E-state index in [9.17, 15) is 9.18 Å². The highest BCUT2D eigenvalue weighted by Crippen LogP contribution is 2.25. The number of nitrogens with zero attached hydrogens (tertiary/aromatic N) is 4.